The molecule has 4 nitrogen and oxygen atoms in total. The van der Waals surface area contributed by atoms with E-state index in [1.54, 1.807) is 6.92 Å². The molecule has 114 valence electrons. The van der Waals surface area contributed by atoms with E-state index in [1.165, 1.54) is 11.9 Å². The number of ketones is 1. The summed E-state index contributed by atoms with van der Waals surface area (Å²) in [5.74, 6) is 0.787. The van der Waals surface area contributed by atoms with Crippen molar-refractivity contribution in [1.29, 1.82) is 0 Å². The lowest BCUT2D eigenvalue weighted by molar-refractivity contribution is 0.101. The van der Waals surface area contributed by atoms with E-state index in [0.29, 0.717) is 5.56 Å². The zero-order valence-electron chi connectivity index (χ0n) is 13.1. The van der Waals surface area contributed by atoms with Crippen LogP contribution in [0.5, 0.6) is 0 Å². The summed E-state index contributed by atoms with van der Waals surface area (Å²) in [6.07, 6.45) is 1.53. The van der Waals surface area contributed by atoms with Gasteiger partial charge in [-0.1, -0.05) is 42.0 Å². The average Bonchev–Trinajstić information content (AvgIpc) is 2.57. The van der Waals surface area contributed by atoms with Gasteiger partial charge < -0.3 is 5.32 Å². The molecule has 0 aliphatic carbocycles. The van der Waals surface area contributed by atoms with Gasteiger partial charge in [-0.25, -0.2) is 9.97 Å². The number of benzene rings is 2. The fourth-order valence-electron chi connectivity index (χ4n) is 2.24. The van der Waals surface area contributed by atoms with Crippen molar-refractivity contribution < 1.29 is 4.79 Å². The molecule has 0 saturated carbocycles. The van der Waals surface area contributed by atoms with Gasteiger partial charge in [-0.2, -0.15) is 0 Å². The highest BCUT2D eigenvalue weighted by Crippen LogP contribution is 2.21. The first-order chi connectivity index (χ1) is 11.1. The van der Waals surface area contributed by atoms with Crippen LogP contribution in [0.25, 0.3) is 11.3 Å². The van der Waals surface area contributed by atoms with E-state index in [0.717, 1.165) is 22.8 Å². The Morgan fingerprint density at radius 2 is 1.65 bits per heavy atom. The van der Waals surface area contributed by atoms with Crippen LogP contribution in [0.15, 0.2) is 60.9 Å². The Bertz CT molecular complexity index is 824. The van der Waals surface area contributed by atoms with Gasteiger partial charge in [-0.05, 0) is 26.0 Å². The van der Waals surface area contributed by atoms with Gasteiger partial charge in [0.2, 0.25) is 0 Å². The molecule has 0 fully saturated rings. The molecule has 0 aliphatic rings. The first-order valence-corrected chi connectivity index (χ1v) is 7.39. The Balaban J connectivity index is 1.84. The number of carbonyl (C=O) groups excluding carboxylic acids is 1. The Morgan fingerprint density at radius 3 is 2.30 bits per heavy atom. The first kappa shape index (κ1) is 14.9. The number of hydrogen-bond acceptors (Lipinski definition) is 4. The van der Waals surface area contributed by atoms with Crippen molar-refractivity contribution >= 4 is 17.3 Å². The van der Waals surface area contributed by atoms with Crippen LogP contribution in [-0.2, 0) is 0 Å². The maximum absolute atomic E-state index is 11.3. The van der Waals surface area contributed by atoms with Crippen molar-refractivity contribution in [2.75, 3.05) is 5.32 Å². The van der Waals surface area contributed by atoms with E-state index < -0.39 is 0 Å². The van der Waals surface area contributed by atoms with Crippen LogP contribution in [0.4, 0.5) is 11.5 Å². The normalized spacial score (nSPS) is 10.3. The predicted molar refractivity (Wildman–Crippen MR) is 91.9 cm³/mol. The number of carbonyl (C=O) groups is 1. The van der Waals surface area contributed by atoms with E-state index in [2.05, 4.69) is 22.2 Å². The molecule has 1 N–H and O–H groups in total. The molecule has 0 unspecified atom stereocenters. The topological polar surface area (TPSA) is 54.9 Å². The second-order valence-electron chi connectivity index (χ2n) is 5.41. The van der Waals surface area contributed by atoms with Crippen molar-refractivity contribution in [2.24, 2.45) is 0 Å². The standard InChI is InChI=1S/C19H17N3O/c1-13-3-9-17(10-4-13)22-19-11-18(20-12-21-19)16-7-5-15(6-8-16)14(2)23/h3-12H,1-2H3,(H,20,21,22). The zero-order valence-corrected chi connectivity index (χ0v) is 13.1. The van der Waals surface area contributed by atoms with E-state index in [9.17, 15) is 4.79 Å². The molecule has 1 heterocycles. The van der Waals surface area contributed by atoms with Crippen LogP contribution < -0.4 is 5.32 Å². The molecule has 0 atom stereocenters. The monoisotopic (exact) mass is 303 g/mol. The highest BCUT2D eigenvalue weighted by atomic mass is 16.1. The average molecular weight is 303 g/mol. The number of nitrogens with zero attached hydrogens (tertiary/aromatic N) is 2. The summed E-state index contributed by atoms with van der Waals surface area (Å²) in [6.45, 7) is 3.61. The van der Waals surface area contributed by atoms with Crippen LogP contribution in [-0.4, -0.2) is 15.8 Å². The van der Waals surface area contributed by atoms with E-state index in [-0.39, 0.29) is 5.78 Å². The number of aryl methyl sites for hydroxylation is 1. The zero-order chi connectivity index (χ0) is 16.2. The second kappa shape index (κ2) is 6.40. The van der Waals surface area contributed by atoms with Crippen molar-refractivity contribution in [3.8, 4) is 11.3 Å². The summed E-state index contributed by atoms with van der Waals surface area (Å²) in [7, 11) is 0. The van der Waals surface area contributed by atoms with Gasteiger partial charge >= 0.3 is 0 Å². The summed E-state index contributed by atoms with van der Waals surface area (Å²) in [5.41, 5.74) is 4.64. The minimum absolute atomic E-state index is 0.0564. The Kier molecular flexibility index (Phi) is 4.15. The molecule has 0 saturated heterocycles. The maximum Gasteiger partial charge on any atom is 0.159 e. The minimum Gasteiger partial charge on any atom is -0.340 e. The SMILES string of the molecule is CC(=O)c1ccc(-c2cc(Nc3ccc(C)cc3)ncn2)cc1. The third-order valence-corrected chi connectivity index (χ3v) is 3.58. The Hall–Kier alpha value is -3.01. The van der Waals surface area contributed by atoms with Gasteiger partial charge in [0.1, 0.15) is 12.1 Å². The molecule has 1 aromatic heterocycles. The lowest BCUT2D eigenvalue weighted by atomic mass is 10.1. The van der Waals surface area contributed by atoms with Gasteiger partial charge in [0.25, 0.3) is 0 Å². The fourth-order valence-corrected chi connectivity index (χ4v) is 2.24. The summed E-state index contributed by atoms with van der Waals surface area (Å²) >= 11 is 0. The molecule has 3 aromatic rings. The number of anilines is 2. The number of aromatic nitrogens is 2. The summed E-state index contributed by atoms with van der Waals surface area (Å²) < 4.78 is 0. The van der Waals surface area contributed by atoms with Crippen LogP contribution >= 0.6 is 0 Å². The molecule has 23 heavy (non-hydrogen) atoms. The van der Waals surface area contributed by atoms with Crippen molar-refractivity contribution in [3.63, 3.8) is 0 Å². The molecule has 3 rings (SSSR count). The number of nitrogens with one attached hydrogen (secondary N) is 1. The van der Waals surface area contributed by atoms with Gasteiger partial charge in [-0.15, -0.1) is 0 Å². The molecule has 0 aliphatic heterocycles. The number of hydrogen-bond donors (Lipinski definition) is 1. The highest BCUT2D eigenvalue weighted by molar-refractivity contribution is 5.94. The quantitative estimate of drug-likeness (QED) is 0.726. The Morgan fingerprint density at radius 1 is 0.957 bits per heavy atom. The smallest absolute Gasteiger partial charge is 0.159 e. The predicted octanol–water partition coefficient (Wildman–Crippen LogP) is 4.40. The van der Waals surface area contributed by atoms with Crippen LogP contribution in [0.1, 0.15) is 22.8 Å². The Labute approximate surface area is 135 Å². The lowest BCUT2D eigenvalue weighted by Crippen LogP contribution is -1.96. The van der Waals surface area contributed by atoms with E-state index in [1.807, 2.05) is 54.6 Å². The molecule has 4 heteroatoms. The summed E-state index contributed by atoms with van der Waals surface area (Å²) in [4.78, 5) is 19.9. The summed E-state index contributed by atoms with van der Waals surface area (Å²) in [5, 5.41) is 3.27. The third kappa shape index (κ3) is 3.61. The van der Waals surface area contributed by atoms with Gasteiger partial charge in [0, 0.05) is 22.9 Å². The molecule has 2 aromatic carbocycles. The molecular formula is C19H17N3O. The summed E-state index contributed by atoms with van der Waals surface area (Å²) in [6, 6.07) is 17.4. The molecule has 0 radical (unpaired) electrons. The number of Topliss-reactive ketones (excluding diaryl/α,β-unsaturated/α-hetero) is 1. The van der Waals surface area contributed by atoms with Gasteiger partial charge in [-0.3, -0.25) is 4.79 Å². The minimum atomic E-state index is 0.0564. The van der Waals surface area contributed by atoms with Crippen molar-refractivity contribution in [3.05, 3.63) is 72.1 Å². The molecule has 0 bridgehead atoms. The second-order valence-corrected chi connectivity index (χ2v) is 5.41. The largest absolute Gasteiger partial charge is 0.340 e. The van der Waals surface area contributed by atoms with Crippen molar-refractivity contribution in [2.45, 2.75) is 13.8 Å². The van der Waals surface area contributed by atoms with Gasteiger partial charge in [0.05, 0.1) is 5.69 Å². The van der Waals surface area contributed by atoms with Crippen LogP contribution in [0, 0.1) is 6.92 Å². The van der Waals surface area contributed by atoms with E-state index >= 15 is 0 Å². The lowest BCUT2D eigenvalue weighted by Gasteiger charge is -2.07. The van der Waals surface area contributed by atoms with Crippen molar-refractivity contribution in [1.82, 2.24) is 9.97 Å². The van der Waals surface area contributed by atoms with Crippen LogP contribution in [0.2, 0.25) is 0 Å². The highest BCUT2D eigenvalue weighted by Gasteiger charge is 2.04. The first-order valence-electron chi connectivity index (χ1n) is 7.39. The number of rotatable bonds is 4. The maximum atomic E-state index is 11.3. The molecule has 0 amide bonds. The molecular weight excluding hydrogens is 286 g/mol. The molecule has 0 spiro atoms. The van der Waals surface area contributed by atoms with E-state index in [4.69, 9.17) is 0 Å². The van der Waals surface area contributed by atoms with Crippen LogP contribution in [0.3, 0.4) is 0 Å². The fraction of sp³-hybridized carbons (Fsp3) is 0.105. The van der Waals surface area contributed by atoms with Gasteiger partial charge in [0.15, 0.2) is 5.78 Å². The third-order valence-electron chi connectivity index (χ3n) is 3.58.